The number of hydrogen-bond donors (Lipinski definition) is 1. The quantitative estimate of drug-likeness (QED) is 0.250. The molecule has 2 nitrogen and oxygen atoms in total. The number of rotatable bonds is 0. The van der Waals surface area contributed by atoms with E-state index in [1.54, 1.807) is 18.2 Å². The molecule has 0 atom stereocenters. The molecule has 0 aliphatic carbocycles. The van der Waals surface area contributed by atoms with E-state index >= 15 is 0 Å². The second-order valence-electron chi connectivity index (χ2n) is 1.38. The van der Waals surface area contributed by atoms with Crippen molar-refractivity contribution in [3.8, 4) is 0 Å². The van der Waals surface area contributed by atoms with Crippen molar-refractivity contribution in [3.63, 3.8) is 0 Å². The number of pyridine rings is 1. The van der Waals surface area contributed by atoms with Gasteiger partial charge in [-0.3, -0.25) is 0 Å². The molecule has 10 heavy (non-hydrogen) atoms. The van der Waals surface area contributed by atoms with Gasteiger partial charge in [0.25, 0.3) is 0 Å². The minimum atomic E-state index is 0. The third-order valence-corrected chi connectivity index (χ3v) is 1.13. The summed E-state index contributed by atoms with van der Waals surface area (Å²) in [6.45, 7) is 0. The molecular formula is C5H5ClNNaOS. The molecule has 0 bridgehead atoms. The van der Waals surface area contributed by atoms with Gasteiger partial charge in [-0.1, -0.05) is 18.3 Å². The fourth-order valence-electron chi connectivity index (χ4n) is 0.419. The zero-order valence-corrected chi connectivity index (χ0v) is 9.06. The van der Waals surface area contributed by atoms with Crippen LogP contribution in [-0.4, -0.2) is 9.94 Å². The van der Waals surface area contributed by atoms with E-state index in [1.807, 2.05) is 0 Å². The van der Waals surface area contributed by atoms with Crippen molar-refractivity contribution in [2.45, 2.75) is 0 Å². The van der Waals surface area contributed by atoms with Crippen molar-refractivity contribution in [2.24, 2.45) is 0 Å². The molecule has 0 aliphatic heterocycles. The Hall–Kier alpha value is 0.460. The molecule has 1 rings (SSSR count). The zero-order valence-electron chi connectivity index (χ0n) is 5.49. The van der Waals surface area contributed by atoms with Gasteiger partial charge in [0, 0.05) is 6.20 Å². The van der Waals surface area contributed by atoms with E-state index < -0.39 is 0 Å². The van der Waals surface area contributed by atoms with Crippen LogP contribution in [0.25, 0.3) is 0 Å². The molecule has 1 aromatic rings. The summed E-state index contributed by atoms with van der Waals surface area (Å²) in [5.41, 5.74) is 0. The standard InChI is InChI=1S/C5H5NOS.ClH.Na/c7-6-4-2-1-3-5(6)8;;/h1-4,7H;1H;/q;;+1/p-1. The van der Waals surface area contributed by atoms with Gasteiger partial charge in [-0.2, -0.15) is 4.73 Å². The molecule has 0 spiro atoms. The maximum Gasteiger partial charge on any atom is 1.00 e. The maximum absolute atomic E-state index is 8.73. The van der Waals surface area contributed by atoms with Crippen molar-refractivity contribution in [2.75, 3.05) is 0 Å². The molecule has 50 valence electrons. The van der Waals surface area contributed by atoms with Crippen molar-refractivity contribution in [1.29, 1.82) is 0 Å². The predicted octanol–water partition coefficient (Wildman–Crippen LogP) is -4.54. The van der Waals surface area contributed by atoms with Crippen LogP contribution in [-0.2, 0) is 0 Å². The largest absolute Gasteiger partial charge is 1.00 e. The summed E-state index contributed by atoms with van der Waals surface area (Å²) in [7, 11) is 0. The smallest absolute Gasteiger partial charge is 1.00 e. The Labute approximate surface area is 92.5 Å². The van der Waals surface area contributed by atoms with Crippen LogP contribution < -0.4 is 42.0 Å². The average Bonchev–Trinajstić information content (AvgIpc) is 1.77. The van der Waals surface area contributed by atoms with Crippen molar-refractivity contribution in [1.82, 2.24) is 4.73 Å². The molecule has 0 aliphatic rings. The third kappa shape index (κ3) is 3.58. The Morgan fingerprint density at radius 1 is 1.40 bits per heavy atom. The number of halogens is 1. The van der Waals surface area contributed by atoms with Gasteiger partial charge in [-0.25, -0.2) is 0 Å². The predicted molar refractivity (Wildman–Crippen MR) is 32.5 cm³/mol. The Morgan fingerprint density at radius 3 is 2.30 bits per heavy atom. The third-order valence-electron chi connectivity index (χ3n) is 0.803. The van der Waals surface area contributed by atoms with Gasteiger partial charge < -0.3 is 17.6 Å². The summed E-state index contributed by atoms with van der Waals surface area (Å²) >= 11 is 4.67. The van der Waals surface area contributed by atoms with Crippen molar-refractivity contribution < 1.29 is 47.2 Å². The van der Waals surface area contributed by atoms with E-state index in [0.717, 1.165) is 4.73 Å². The molecule has 0 saturated heterocycles. The Morgan fingerprint density at radius 2 is 2.00 bits per heavy atom. The summed E-state index contributed by atoms with van der Waals surface area (Å²) in [6.07, 6.45) is 1.49. The molecular weight excluding hydrogens is 181 g/mol. The first-order chi connectivity index (χ1) is 3.80. The van der Waals surface area contributed by atoms with Crippen molar-refractivity contribution >= 4 is 12.2 Å². The molecule has 0 saturated carbocycles. The Bertz CT molecular complexity index is 239. The van der Waals surface area contributed by atoms with Crippen LogP contribution in [0, 0.1) is 4.64 Å². The Balaban J connectivity index is 0. The van der Waals surface area contributed by atoms with Crippen LogP contribution in [0.4, 0.5) is 0 Å². The van der Waals surface area contributed by atoms with Crippen LogP contribution in [0.1, 0.15) is 0 Å². The van der Waals surface area contributed by atoms with E-state index in [-0.39, 0.29) is 42.0 Å². The summed E-state index contributed by atoms with van der Waals surface area (Å²) in [5.74, 6) is 0. The first kappa shape index (κ1) is 13.1. The van der Waals surface area contributed by atoms with Crippen LogP contribution in [0.3, 0.4) is 0 Å². The SMILES string of the molecule is On1ccccc1=S.[Cl-].[Na+]. The second kappa shape index (κ2) is 6.19. The first-order valence-corrected chi connectivity index (χ1v) is 2.58. The van der Waals surface area contributed by atoms with Gasteiger partial charge in [-0.05, 0) is 12.1 Å². The summed E-state index contributed by atoms with van der Waals surface area (Å²) in [5, 5.41) is 8.73. The molecule has 0 amide bonds. The van der Waals surface area contributed by atoms with Crippen LogP contribution in [0.2, 0.25) is 0 Å². The summed E-state index contributed by atoms with van der Waals surface area (Å²) < 4.78 is 1.32. The van der Waals surface area contributed by atoms with Crippen molar-refractivity contribution in [3.05, 3.63) is 29.0 Å². The molecule has 0 radical (unpaired) electrons. The van der Waals surface area contributed by atoms with E-state index in [9.17, 15) is 0 Å². The van der Waals surface area contributed by atoms with Gasteiger partial charge in [0.2, 0.25) is 0 Å². The Kier molecular flexibility index (Phi) is 8.09. The van der Waals surface area contributed by atoms with Gasteiger partial charge >= 0.3 is 29.6 Å². The average molecular weight is 186 g/mol. The topological polar surface area (TPSA) is 25.2 Å². The molecule has 0 unspecified atom stereocenters. The minimum absolute atomic E-state index is 0. The van der Waals surface area contributed by atoms with Crippen LogP contribution in [0.15, 0.2) is 24.4 Å². The summed E-state index contributed by atoms with van der Waals surface area (Å²) in [6, 6.07) is 5.13. The van der Waals surface area contributed by atoms with E-state index in [2.05, 4.69) is 12.2 Å². The van der Waals surface area contributed by atoms with E-state index in [0.29, 0.717) is 4.64 Å². The fourth-order valence-corrected chi connectivity index (χ4v) is 0.558. The summed E-state index contributed by atoms with van der Waals surface area (Å²) in [4.78, 5) is 0. The molecule has 1 heterocycles. The monoisotopic (exact) mass is 185 g/mol. The molecule has 0 fully saturated rings. The fraction of sp³-hybridized carbons (Fsp3) is 0. The number of hydrogen-bond acceptors (Lipinski definition) is 2. The van der Waals surface area contributed by atoms with Gasteiger partial charge in [0.1, 0.15) is 4.64 Å². The minimum Gasteiger partial charge on any atom is -1.00 e. The molecule has 1 aromatic heterocycles. The van der Waals surface area contributed by atoms with E-state index in [4.69, 9.17) is 5.21 Å². The van der Waals surface area contributed by atoms with Crippen LogP contribution >= 0.6 is 12.2 Å². The first-order valence-electron chi connectivity index (χ1n) is 2.17. The van der Waals surface area contributed by atoms with Gasteiger partial charge in [0.05, 0.1) is 0 Å². The molecule has 5 heteroatoms. The second-order valence-corrected chi connectivity index (χ2v) is 1.80. The van der Waals surface area contributed by atoms with Gasteiger partial charge in [-0.15, -0.1) is 0 Å². The van der Waals surface area contributed by atoms with Gasteiger partial charge in [0.15, 0.2) is 0 Å². The normalized spacial score (nSPS) is 7.20. The number of aromatic nitrogens is 1. The maximum atomic E-state index is 8.73. The molecule has 0 aromatic carbocycles. The zero-order chi connectivity index (χ0) is 5.98. The van der Waals surface area contributed by atoms with Crippen LogP contribution in [0.5, 0.6) is 0 Å². The molecule has 1 N–H and O–H groups in total. The number of nitrogens with zero attached hydrogens (tertiary/aromatic N) is 1. The van der Waals surface area contributed by atoms with E-state index in [1.165, 1.54) is 6.20 Å².